The van der Waals surface area contributed by atoms with Crippen molar-refractivity contribution < 1.29 is 9.21 Å². The topological polar surface area (TPSA) is 36.7 Å². The number of para-hydroxylation sites is 1. The van der Waals surface area contributed by atoms with Gasteiger partial charge in [0.1, 0.15) is 11.5 Å². The Labute approximate surface area is 137 Å². The molecule has 0 spiro atoms. The highest BCUT2D eigenvalue weighted by Crippen LogP contribution is 2.24. The molecule has 122 valence electrons. The van der Waals surface area contributed by atoms with Gasteiger partial charge >= 0.3 is 0 Å². The van der Waals surface area contributed by atoms with Gasteiger partial charge in [-0.1, -0.05) is 18.2 Å². The Morgan fingerprint density at radius 1 is 1.30 bits per heavy atom. The van der Waals surface area contributed by atoms with Gasteiger partial charge in [-0.25, -0.2) is 0 Å². The second-order valence-corrected chi connectivity index (χ2v) is 6.45. The number of carbonyl (C=O) groups is 1. The van der Waals surface area contributed by atoms with Crippen LogP contribution < -0.4 is 4.90 Å². The van der Waals surface area contributed by atoms with E-state index >= 15 is 0 Å². The third-order valence-corrected chi connectivity index (χ3v) is 4.56. The Kier molecular flexibility index (Phi) is 4.42. The first-order valence-electron chi connectivity index (χ1n) is 8.17. The molecule has 1 aromatic heterocycles. The molecule has 1 aliphatic rings. The monoisotopic (exact) mass is 312 g/mol. The summed E-state index contributed by atoms with van der Waals surface area (Å²) < 4.78 is 5.47. The van der Waals surface area contributed by atoms with Crippen molar-refractivity contribution in [3.8, 4) is 0 Å². The Morgan fingerprint density at radius 3 is 2.70 bits per heavy atom. The lowest BCUT2D eigenvalue weighted by Crippen LogP contribution is -2.33. The van der Waals surface area contributed by atoms with Gasteiger partial charge in [-0.15, -0.1) is 0 Å². The van der Waals surface area contributed by atoms with Crippen molar-refractivity contribution in [3.63, 3.8) is 0 Å². The number of nitrogens with zero attached hydrogens (tertiary/aromatic N) is 2. The number of anilines is 1. The Morgan fingerprint density at radius 2 is 2.04 bits per heavy atom. The van der Waals surface area contributed by atoms with Crippen LogP contribution in [0.15, 0.2) is 40.8 Å². The number of aryl methyl sites for hydroxylation is 2. The minimum Gasteiger partial charge on any atom is -0.466 e. The van der Waals surface area contributed by atoms with Gasteiger partial charge in [-0.3, -0.25) is 4.79 Å². The quantitative estimate of drug-likeness (QED) is 0.867. The smallest absolute Gasteiger partial charge is 0.257 e. The Bertz CT molecular complexity index is 678. The zero-order valence-corrected chi connectivity index (χ0v) is 14.1. The van der Waals surface area contributed by atoms with Crippen LogP contribution in [0.3, 0.4) is 0 Å². The van der Waals surface area contributed by atoms with Crippen molar-refractivity contribution in [3.05, 3.63) is 53.5 Å². The van der Waals surface area contributed by atoms with Crippen LogP contribution in [-0.2, 0) is 0 Å². The predicted octanol–water partition coefficient (Wildman–Crippen LogP) is 3.49. The highest BCUT2D eigenvalue weighted by atomic mass is 16.3. The lowest BCUT2D eigenvalue weighted by atomic mass is 10.1. The molecule has 0 unspecified atom stereocenters. The fourth-order valence-corrected chi connectivity index (χ4v) is 3.37. The van der Waals surface area contributed by atoms with Gasteiger partial charge in [0.15, 0.2) is 0 Å². The number of benzene rings is 1. The lowest BCUT2D eigenvalue weighted by molar-refractivity contribution is 0.0774. The van der Waals surface area contributed by atoms with E-state index in [-0.39, 0.29) is 5.91 Å². The summed E-state index contributed by atoms with van der Waals surface area (Å²) in [4.78, 5) is 16.8. The normalized spacial score (nSPS) is 17.5. The highest BCUT2D eigenvalue weighted by molar-refractivity contribution is 5.95. The summed E-state index contributed by atoms with van der Waals surface area (Å²) in [5.41, 5.74) is 1.95. The second-order valence-electron chi connectivity index (χ2n) is 6.45. The first-order chi connectivity index (χ1) is 11.0. The summed E-state index contributed by atoms with van der Waals surface area (Å²) in [5.74, 6) is 2.06. The molecule has 0 N–H and O–H groups in total. The van der Waals surface area contributed by atoms with Gasteiger partial charge in [-0.05, 0) is 44.4 Å². The van der Waals surface area contributed by atoms with E-state index in [9.17, 15) is 4.79 Å². The lowest BCUT2D eigenvalue weighted by Gasteiger charge is -2.22. The maximum Gasteiger partial charge on any atom is 0.257 e. The molecular formula is C19H24N2O2. The van der Waals surface area contributed by atoms with Crippen LogP contribution in [0.5, 0.6) is 0 Å². The standard InChI is InChI=1S/C19H24N2O2/c1-14-11-18(15(2)23-14)19(22)20(3)12-16-9-10-21(13-16)17-7-5-4-6-8-17/h4-8,11,16H,9-10,12-13H2,1-3H3/t16-/m1/s1. The van der Waals surface area contributed by atoms with E-state index in [4.69, 9.17) is 4.42 Å². The van der Waals surface area contributed by atoms with Crippen molar-refractivity contribution in [1.82, 2.24) is 4.90 Å². The fourth-order valence-electron chi connectivity index (χ4n) is 3.37. The van der Waals surface area contributed by atoms with E-state index in [1.165, 1.54) is 5.69 Å². The van der Waals surface area contributed by atoms with Gasteiger partial charge in [0.25, 0.3) is 5.91 Å². The minimum absolute atomic E-state index is 0.0533. The SMILES string of the molecule is Cc1cc(C(=O)N(C)C[C@H]2CCN(c3ccccc3)C2)c(C)o1. The summed E-state index contributed by atoms with van der Waals surface area (Å²) in [6.45, 7) is 6.57. The van der Waals surface area contributed by atoms with E-state index < -0.39 is 0 Å². The van der Waals surface area contributed by atoms with Crippen LogP contribution in [0.4, 0.5) is 5.69 Å². The molecule has 0 bridgehead atoms. The molecular weight excluding hydrogens is 288 g/mol. The van der Waals surface area contributed by atoms with Crippen LogP contribution >= 0.6 is 0 Å². The van der Waals surface area contributed by atoms with E-state index in [1.807, 2.05) is 37.9 Å². The molecule has 1 fully saturated rings. The van der Waals surface area contributed by atoms with Crippen LogP contribution in [-0.4, -0.2) is 37.5 Å². The molecule has 2 heterocycles. The summed E-state index contributed by atoms with van der Waals surface area (Å²) in [7, 11) is 1.88. The number of amides is 1. The molecule has 3 rings (SSSR count). The minimum atomic E-state index is 0.0533. The molecule has 1 aliphatic heterocycles. The zero-order chi connectivity index (χ0) is 16.4. The molecule has 4 heteroatoms. The molecule has 4 nitrogen and oxygen atoms in total. The van der Waals surface area contributed by atoms with E-state index in [1.54, 1.807) is 0 Å². The molecule has 1 atom stereocenters. The van der Waals surface area contributed by atoms with Gasteiger partial charge in [0.2, 0.25) is 0 Å². The van der Waals surface area contributed by atoms with Gasteiger partial charge < -0.3 is 14.2 Å². The number of furan rings is 1. The largest absolute Gasteiger partial charge is 0.466 e. The molecule has 23 heavy (non-hydrogen) atoms. The van der Waals surface area contributed by atoms with Gasteiger partial charge in [-0.2, -0.15) is 0 Å². The highest BCUT2D eigenvalue weighted by Gasteiger charge is 2.26. The average molecular weight is 312 g/mol. The molecule has 0 saturated carbocycles. The zero-order valence-electron chi connectivity index (χ0n) is 14.1. The maximum absolute atomic E-state index is 12.6. The molecule has 1 aromatic carbocycles. The molecule has 1 amide bonds. The average Bonchev–Trinajstić information content (AvgIpc) is 3.13. The predicted molar refractivity (Wildman–Crippen MR) is 91.9 cm³/mol. The van der Waals surface area contributed by atoms with Crippen molar-refractivity contribution in [2.75, 3.05) is 31.6 Å². The van der Waals surface area contributed by atoms with Gasteiger partial charge in [0.05, 0.1) is 5.56 Å². The van der Waals surface area contributed by atoms with Crippen molar-refractivity contribution >= 4 is 11.6 Å². The first-order valence-corrected chi connectivity index (χ1v) is 8.17. The van der Waals surface area contributed by atoms with Crippen molar-refractivity contribution in [1.29, 1.82) is 0 Å². The Balaban J connectivity index is 1.60. The molecule has 1 saturated heterocycles. The van der Waals surface area contributed by atoms with E-state index in [0.29, 0.717) is 17.2 Å². The number of carbonyl (C=O) groups excluding carboxylic acids is 1. The molecule has 2 aromatic rings. The maximum atomic E-state index is 12.6. The van der Waals surface area contributed by atoms with E-state index in [0.717, 1.165) is 31.8 Å². The van der Waals surface area contributed by atoms with Crippen LogP contribution in [0.25, 0.3) is 0 Å². The number of hydrogen-bond donors (Lipinski definition) is 0. The van der Waals surface area contributed by atoms with Crippen LogP contribution in [0.2, 0.25) is 0 Å². The Hall–Kier alpha value is -2.23. The summed E-state index contributed by atoms with van der Waals surface area (Å²) in [5, 5.41) is 0. The molecule has 0 aliphatic carbocycles. The number of hydrogen-bond acceptors (Lipinski definition) is 3. The van der Waals surface area contributed by atoms with Crippen LogP contribution in [0.1, 0.15) is 28.3 Å². The second kappa shape index (κ2) is 6.49. The van der Waals surface area contributed by atoms with Crippen LogP contribution in [0, 0.1) is 19.8 Å². The summed E-state index contributed by atoms with van der Waals surface area (Å²) in [6.07, 6.45) is 1.12. The third kappa shape index (κ3) is 3.41. The fraction of sp³-hybridized carbons (Fsp3) is 0.421. The van der Waals surface area contributed by atoms with E-state index in [2.05, 4.69) is 29.2 Å². The third-order valence-electron chi connectivity index (χ3n) is 4.56. The van der Waals surface area contributed by atoms with Gasteiger partial charge in [0, 0.05) is 32.4 Å². The van der Waals surface area contributed by atoms with Crippen molar-refractivity contribution in [2.45, 2.75) is 20.3 Å². The summed E-state index contributed by atoms with van der Waals surface area (Å²) in [6, 6.07) is 12.3. The van der Waals surface area contributed by atoms with Crippen molar-refractivity contribution in [2.24, 2.45) is 5.92 Å². The summed E-state index contributed by atoms with van der Waals surface area (Å²) >= 11 is 0. The number of rotatable bonds is 4. The first kappa shape index (κ1) is 15.7. The molecule has 0 radical (unpaired) electrons.